The first kappa shape index (κ1) is 18.3. The lowest BCUT2D eigenvalue weighted by Gasteiger charge is -2.37. The molecule has 2 rings (SSSR count). The Labute approximate surface area is 137 Å². The van der Waals surface area contributed by atoms with Gasteiger partial charge in [-0.05, 0) is 12.1 Å². The standard InChI is InChI=1S/C15H18O9/c1-7(16)23-9-5-3-2-4-8(9)14(20)22-6-10-11(17)12(18)13(19)15(21)24-10/h2-5,10-13,15,17-19,21H,6H2,1H3/t10?,11-,12-,13?,15+/m0/s1. The van der Waals surface area contributed by atoms with E-state index in [2.05, 4.69) is 0 Å². The zero-order valence-electron chi connectivity index (χ0n) is 12.7. The van der Waals surface area contributed by atoms with E-state index in [0.29, 0.717) is 0 Å². The molecule has 0 saturated carbocycles. The third-order valence-electron chi connectivity index (χ3n) is 3.43. The first-order valence-electron chi connectivity index (χ1n) is 7.13. The van der Waals surface area contributed by atoms with Gasteiger partial charge in [0.2, 0.25) is 0 Å². The van der Waals surface area contributed by atoms with Crippen molar-refractivity contribution in [3.05, 3.63) is 29.8 Å². The second kappa shape index (κ2) is 7.69. The van der Waals surface area contributed by atoms with E-state index in [4.69, 9.17) is 14.2 Å². The molecule has 9 heteroatoms. The van der Waals surface area contributed by atoms with E-state index in [-0.39, 0.29) is 11.3 Å². The number of rotatable bonds is 4. The summed E-state index contributed by atoms with van der Waals surface area (Å²) in [5.74, 6) is -1.45. The van der Waals surface area contributed by atoms with Gasteiger partial charge in [0.05, 0.1) is 0 Å². The van der Waals surface area contributed by atoms with Gasteiger partial charge in [0.15, 0.2) is 6.29 Å². The number of ether oxygens (including phenoxy) is 3. The number of carbonyl (C=O) groups is 2. The van der Waals surface area contributed by atoms with Gasteiger partial charge in [-0.3, -0.25) is 4.79 Å². The van der Waals surface area contributed by atoms with Crippen molar-refractivity contribution in [2.24, 2.45) is 0 Å². The van der Waals surface area contributed by atoms with Gasteiger partial charge in [-0.1, -0.05) is 12.1 Å². The minimum absolute atomic E-state index is 0.00982. The second-order valence-corrected chi connectivity index (χ2v) is 5.23. The fourth-order valence-corrected chi connectivity index (χ4v) is 2.18. The number of hydrogen-bond acceptors (Lipinski definition) is 9. The maximum atomic E-state index is 12.1. The lowest BCUT2D eigenvalue weighted by molar-refractivity contribution is -0.286. The molecule has 132 valence electrons. The van der Waals surface area contributed by atoms with Crippen molar-refractivity contribution < 1.29 is 44.2 Å². The van der Waals surface area contributed by atoms with Gasteiger partial charge in [0.25, 0.3) is 0 Å². The van der Waals surface area contributed by atoms with E-state index in [1.165, 1.54) is 19.1 Å². The molecule has 0 radical (unpaired) electrons. The monoisotopic (exact) mass is 342 g/mol. The Morgan fingerprint density at radius 3 is 2.42 bits per heavy atom. The number of aliphatic hydroxyl groups is 4. The molecule has 0 aliphatic carbocycles. The van der Waals surface area contributed by atoms with Crippen molar-refractivity contribution in [3.63, 3.8) is 0 Å². The molecule has 4 N–H and O–H groups in total. The molecule has 5 atom stereocenters. The van der Waals surface area contributed by atoms with Gasteiger partial charge < -0.3 is 34.6 Å². The topological polar surface area (TPSA) is 143 Å². The van der Waals surface area contributed by atoms with E-state index >= 15 is 0 Å². The fraction of sp³-hybridized carbons (Fsp3) is 0.467. The summed E-state index contributed by atoms with van der Waals surface area (Å²) in [4.78, 5) is 23.1. The summed E-state index contributed by atoms with van der Waals surface area (Å²) in [6.45, 7) is 0.692. The van der Waals surface area contributed by atoms with Gasteiger partial charge in [-0.25, -0.2) is 4.79 Å². The van der Waals surface area contributed by atoms with Crippen LogP contribution in [-0.4, -0.2) is 69.7 Å². The summed E-state index contributed by atoms with van der Waals surface area (Å²) in [6, 6.07) is 5.90. The van der Waals surface area contributed by atoms with Crippen molar-refractivity contribution in [1.82, 2.24) is 0 Å². The molecule has 1 aromatic carbocycles. The molecule has 1 aromatic rings. The SMILES string of the molecule is CC(=O)Oc1ccccc1C(=O)OCC1O[C@@H](O)C(O)[C@@H](O)[C@H]1O. The predicted octanol–water partition coefficient (Wildman–Crippen LogP) is -1.43. The van der Waals surface area contributed by atoms with Crippen LogP contribution in [0.15, 0.2) is 24.3 Å². The van der Waals surface area contributed by atoms with Crippen LogP contribution in [0.2, 0.25) is 0 Å². The van der Waals surface area contributed by atoms with Crippen LogP contribution in [-0.2, 0) is 14.3 Å². The van der Waals surface area contributed by atoms with Crippen LogP contribution >= 0.6 is 0 Å². The fourth-order valence-electron chi connectivity index (χ4n) is 2.18. The minimum atomic E-state index is -1.72. The number of benzene rings is 1. The van der Waals surface area contributed by atoms with Crippen LogP contribution in [0.3, 0.4) is 0 Å². The Bertz CT molecular complexity index is 602. The maximum Gasteiger partial charge on any atom is 0.342 e. The van der Waals surface area contributed by atoms with Crippen molar-refractivity contribution in [1.29, 1.82) is 0 Å². The lowest BCUT2D eigenvalue weighted by Crippen LogP contribution is -2.58. The van der Waals surface area contributed by atoms with Gasteiger partial charge in [0, 0.05) is 6.92 Å². The molecule has 1 aliphatic heterocycles. The molecule has 0 bridgehead atoms. The quantitative estimate of drug-likeness (QED) is 0.382. The molecule has 24 heavy (non-hydrogen) atoms. The van der Waals surface area contributed by atoms with Crippen molar-refractivity contribution in [2.75, 3.05) is 6.61 Å². The molecule has 1 fully saturated rings. The summed E-state index contributed by atoms with van der Waals surface area (Å²) >= 11 is 0. The highest BCUT2D eigenvalue weighted by atomic mass is 16.6. The van der Waals surface area contributed by atoms with Gasteiger partial charge in [0.1, 0.15) is 42.3 Å². The number of hydrogen-bond donors (Lipinski definition) is 4. The highest BCUT2D eigenvalue weighted by Crippen LogP contribution is 2.22. The van der Waals surface area contributed by atoms with Crippen LogP contribution in [0.25, 0.3) is 0 Å². The van der Waals surface area contributed by atoms with Crippen LogP contribution in [0, 0.1) is 0 Å². The van der Waals surface area contributed by atoms with E-state index in [9.17, 15) is 30.0 Å². The molecule has 2 unspecified atom stereocenters. The number of carbonyl (C=O) groups excluding carboxylic acids is 2. The summed E-state index contributed by atoms with van der Waals surface area (Å²) < 4.78 is 14.8. The largest absolute Gasteiger partial charge is 0.459 e. The normalized spacial score (nSPS) is 29.8. The molecule has 1 aliphatic rings. The van der Waals surface area contributed by atoms with E-state index in [0.717, 1.165) is 0 Å². The van der Waals surface area contributed by atoms with Crippen molar-refractivity contribution in [2.45, 2.75) is 37.6 Å². The molecule has 9 nitrogen and oxygen atoms in total. The summed E-state index contributed by atoms with van der Waals surface area (Å²) in [7, 11) is 0. The Hall–Kier alpha value is -2.04. The number of aliphatic hydroxyl groups excluding tert-OH is 4. The third-order valence-corrected chi connectivity index (χ3v) is 3.43. The lowest BCUT2D eigenvalue weighted by atomic mass is 9.99. The van der Waals surface area contributed by atoms with Gasteiger partial charge in [-0.2, -0.15) is 0 Å². The smallest absolute Gasteiger partial charge is 0.342 e. The molecule has 1 heterocycles. The highest BCUT2D eigenvalue weighted by Gasteiger charge is 2.43. The highest BCUT2D eigenvalue weighted by molar-refractivity contribution is 5.93. The van der Waals surface area contributed by atoms with Crippen LogP contribution in [0.1, 0.15) is 17.3 Å². The molecule has 0 aromatic heterocycles. The third kappa shape index (κ3) is 4.08. The maximum absolute atomic E-state index is 12.1. The zero-order valence-corrected chi connectivity index (χ0v) is 12.7. The van der Waals surface area contributed by atoms with Crippen LogP contribution in [0.4, 0.5) is 0 Å². The molecule has 0 amide bonds. The van der Waals surface area contributed by atoms with Gasteiger partial charge >= 0.3 is 11.9 Å². The summed E-state index contributed by atoms with van der Waals surface area (Å²) in [6.07, 6.45) is -7.83. The Kier molecular flexibility index (Phi) is 5.86. The molecular weight excluding hydrogens is 324 g/mol. The van der Waals surface area contributed by atoms with Gasteiger partial charge in [-0.15, -0.1) is 0 Å². The van der Waals surface area contributed by atoms with E-state index < -0.39 is 49.3 Å². The average Bonchev–Trinajstić information content (AvgIpc) is 2.54. The summed E-state index contributed by atoms with van der Waals surface area (Å²) in [5, 5.41) is 38.1. The Balaban J connectivity index is 2.02. The molecule has 0 spiro atoms. The summed E-state index contributed by atoms with van der Waals surface area (Å²) in [5.41, 5.74) is -0.0147. The van der Waals surface area contributed by atoms with Crippen LogP contribution in [0.5, 0.6) is 5.75 Å². The number of esters is 2. The second-order valence-electron chi connectivity index (χ2n) is 5.23. The first-order valence-corrected chi connectivity index (χ1v) is 7.13. The van der Waals surface area contributed by atoms with Crippen LogP contribution < -0.4 is 4.74 Å². The van der Waals surface area contributed by atoms with E-state index in [1.54, 1.807) is 12.1 Å². The van der Waals surface area contributed by atoms with Crippen molar-refractivity contribution >= 4 is 11.9 Å². The average molecular weight is 342 g/mol. The van der Waals surface area contributed by atoms with E-state index in [1.807, 2.05) is 0 Å². The Morgan fingerprint density at radius 1 is 1.08 bits per heavy atom. The number of para-hydroxylation sites is 1. The minimum Gasteiger partial charge on any atom is -0.459 e. The Morgan fingerprint density at radius 2 is 1.75 bits per heavy atom. The zero-order chi connectivity index (χ0) is 17.9. The molecular formula is C15H18O9. The first-order chi connectivity index (χ1) is 11.3. The molecule has 1 saturated heterocycles. The predicted molar refractivity (Wildman–Crippen MR) is 76.9 cm³/mol. The van der Waals surface area contributed by atoms with Crippen molar-refractivity contribution in [3.8, 4) is 5.75 Å².